The molecular weight excluding hydrogens is 437 g/mol. The third-order valence-electron chi connectivity index (χ3n) is 6.68. The molecule has 1 aromatic carbocycles. The van der Waals surface area contributed by atoms with Crippen molar-refractivity contribution in [1.29, 1.82) is 0 Å². The Labute approximate surface area is 204 Å². The number of allylic oxidation sites excluding steroid dienone is 5. The Morgan fingerprint density at radius 3 is 2.76 bits per heavy atom. The molecule has 0 atom stereocenters. The normalized spacial score (nSPS) is 22.0. The molecule has 0 bridgehead atoms. The topological polar surface area (TPSA) is 79.6 Å². The molecule has 0 radical (unpaired) electrons. The number of fused-ring (bicyclic) bond motifs is 1. The number of rotatable bonds is 7. The number of nitrogens with zero attached hydrogens (tertiary/aromatic N) is 2. The van der Waals surface area contributed by atoms with Gasteiger partial charge in [-0.3, -0.25) is 4.98 Å². The molecular formula is C28H37N5P+. The fourth-order valence-corrected chi connectivity index (χ4v) is 6.64. The largest absolute Gasteiger partial charge is 0.382 e. The fourth-order valence-electron chi connectivity index (χ4n) is 4.62. The Morgan fingerprint density at radius 2 is 2.03 bits per heavy atom. The zero-order valence-electron chi connectivity index (χ0n) is 20.8. The monoisotopic (exact) mass is 474 g/mol. The number of hydrogen-bond donors (Lipinski definition) is 3. The van der Waals surface area contributed by atoms with E-state index in [1.807, 2.05) is 6.20 Å². The molecule has 1 fully saturated rings. The number of hydrogen-bond acceptors (Lipinski definition) is 4. The van der Waals surface area contributed by atoms with Crippen molar-refractivity contribution < 1.29 is 0 Å². The molecule has 34 heavy (non-hydrogen) atoms. The smallest absolute Gasteiger partial charge is 0.0932 e. The number of imidazole rings is 1. The highest BCUT2D eigenvalue weighted by molar-refractivity contribution is 7.72. The van der Waals surface area contributed by atoms with E-state index in [2.05, 4.69) is 96.3 Å². The van der Waals surface area contributed by atoms with Crippen molar-refractivity contribution in [3.8, 4) is 11.3 Å². The van der Waals surface area contributed by atoms with Crippen LogP contribution in [0.4, 0.5) is 0 Å². The summed E-state index contributed by atoms with van der Waals surface area (Å²) < 4.78 is 0. The molecule has 0 saturated carbocycles. The highest BCUT2D eigenvalue weighted by Crippen LogP contribution is 2.51. The summed E-state index contributed by atoms with van der Waals surface area (Å²) in [5.41, 5.74) is 14.1. The average molecular weight is 475 g/mol. The number of aromatic nitrogens is 3. The molecule has 5 nitrogen and oxygen atoms in total. The molecule has 178 valence electrons. The van der Waals surface area contributed by atoms with Gasteiger partial charge in [0.1, 0.15) is 0 Å². The second-order valence-electron chi connectivity index (χ2n) is 9.45. The van der Waals surface area contributed by atoms with Gasteiger partial charge in [0.25, 0.3) is 0 Å². The number of benzene rings is 1. The van der Waals surface area contributed by atoms with Crippen molar-refractivity contribution in [2.75, 3.05) is 19.0 Å². The van der Waals surface area contributed by atoms with Crippen molar-refractivity contribution in [2.45, 2.75) is 46.1 Å². The summed E-state index contributed by atoms with van der Waals surface area (Å²) in [5, 5.41) is 4.96. The first-order valence-electron chi connectivity index (χ1n) is 12.2. The molecule has 0 aliphatic carbocycles. The van der Waals surface area contributed by atoms with Crippen LogP contribution in [0.5, 0.6) is 0 Å². The summed E-state index contributed by atoms with van der Waals surface area (Å²) >= 11 is 0. The summed E-state index contributed by atoms with van der Waals surface area (Å²) in [4.78, 5) is 12.6. The molecule has 3 aromatic rings. The van der Waals surface area contributed by atoms with E-state index in [0.717, 1.165) is 65.0 Å². The molecule has 0 unspecified atom stereocenters. The summed E-state index contributed by atoms with van der Waals surface area (Å²) in [7, 11) is -1.18. The lowest BCUT2D eigenvalue weighted by Crippen LogP contribution is -2.35. The highest BCUT2D eigenvalue weighted by Gasteiger charge is 2.33. The van der Waals surface area contributed by atoms with Crippen molar-refractivity contribution in [2.24, 2.45) is 5.50 Å². The third-order valence-corrected chi connectivity index (χ3v) is 9.24. The van der Waals surface area contributed by atoms with Crippen LogP contribution in [0.25, 0.3) is 33.4 Å². The molecule has 0 amide bonds. The summed E-state index contributed by atoms with van der Waals surface area (Å²) in [5.74, 6) is 0. The first kappa shape index (κ1) is 24.4. The van der Waals surface area contributed by atoms with Gasteiger partial charge in [-0.15, -0.1) is 0 Å². The second-order valence-corrected chi connectivity index (χ2v) is 13.3. The summed E-state index contributed by atoms with van der Waals surface area (Å²) in [6, 6.07) is 9.05. The van der Waals surface area contributed by atoms with Crippen molar-refractivity contribution in [3.05, 3.63) is 72.4 Å². The minimum atomic E-state index is -1.18. The molecule has 4 N–H and O–H groups in total. The Morgan fingerprint density at radius 1 is 1.24 bits per heavy atom. The van der Waals surface area contributed by atoms with Crippen LogP contribution in [0.3, 0.4) is 0 Å². The van der Waals surface area contributed by atoms with Gasteiger partial charge >= 0.3 is 0 Å². The Bertz CT molecular complexity index is 1220. The molecule has 0 spiro atoms. The van der Waals surface area contributed by atoms with E-state index in [0.29, 0.717) is 6.04 Å². The van der Waals surface area contributed by atoms with E-state index in [1.165, 1.54) is 11.3 Å². The minimum absolute atomic E-state index is 0.470. The lowest BCUT2D eigenvalue weighted by atomic mass is 9.99. The van der Waals surface area contributed by atoms with Gasteiger partial charge in [-0.1, -0.05) is 37.3 Å². The van der Waals surface area contributed by atoms with Gasteiger partial charge in [0.05, 0.1) is 49.6 Å². The molecule has 1 aliphatic heterocycles. The van der Waals surface area contributed by atoms with Gasteiger partial charge in [0.15, 0.2) is 0 Å². The second kappa shape index (κ2) is 10.7. The molecule has 1 aliphatic rings. The Kier molecular flexibility index (Phi) is 7.65. The van der Waals surface area contributed by atoms with Gasteiger partial charge in [0, 0.05) is 47.3 Å². The van der Waals surface area contributed by atoms with Gasteiger partial charge < -0.3 is 10.3 Å². The maximum Gasteiger partial charge on any atom is 0.0932 e. The number of nitrogens with two attached hydrogens (primary N) is 1. The Hall–Kier alpha value is -2.75. The van der Waals surface area contributed by atoms with Crippen LogP contribution in [-0.2, 0) is 0 Å². The minimum Gasteiger partial charge on any atom is -0.382 e. The van der Waals surface area contributed by atoms with Crippen LogP contribution < -0.4 is 10.8 Å². The fraction of sp³-hybridized carbons (Fsp3) is 0.357. The lowest BCUT2D eigenvalue weighted by Gasteiger charge is -2.30. The van der Waals surface area contributed by atoms with Gasteiger partial charge in [-0.05, 0) is 44.0 Å². The Balaban J connectivity index is 1.67. The quantitative estimate of drug-likeness (QED) is 0.265. The van der Waals surface area contributed by atoms with Gasteiger partial charge in [0.2, 0.25) is 0 Å². The number of nitrogens with one attached hydrogen (secondary N) is 2. The summed E-state index contributed by atoms with van der Waals surface area (Å²) in [6.07, 6.45) is 17.8. The van der Waals surface area contributed by atoms with E-state index in [1.54, 1.807) is 6.33 Å². The van der Waals surface area contributed by atoms with Crippen molar-refractivity contribution in [3.63, 3.8) is 0 Å². The lowest BCUT2D eigenvalue weighted by molar-refractivity contribution is 0.549. The van der Waals surface area contributed by atoms with Gasteiger partial charge in [-0.25, -0.2) is 10.5 Å². The molecule has 4 rings (SSSR count). The number of aromatic amines is 1. The van der Waals surface area contributed by atoms with Crippen molar-refractivity contribution >= 4 is 29.6 Å². The number of H-pyrrole nitrogens is 1. The predicted octanol–water partition coefficient (Wildman–Crippen LogP) is 6.63. The predicted molar refractivity (Wildman–Crippen MR) is 149 cm³/mol. The average Bonchev–Trinajstić information content (AvgIpc) is 3.33. The third kappa shape index (κ3) is 5.48. The van der Waals surface area contributed by atoms with Crippen LogP contribution in [0.1, 0.15) is 51.3 Å². The molecule has 3 heterocycles. The SMILES string of the molecule is C/C=C(\NC1CC[P+](C)(N)CC1)c1ccnc2ccc(-c3[nH]cnc3/C(C)=C/C=C\CC)cc12. The van der Waals surface area contributed by atoms with Crippen LogP contribution in [0.15, 0.2) is 61.1 Å². The first-order valence-corrected chi connectivity index (χ1v) is 14.9. The van der Waals surface area contributed by atoms with Crippen molar-refractivity contribution in [1.82, 2.24) is 20.3 Å². The van der Waals surface area contributed by atoms with E-state index in [-0.39, 0.29) is 0 Å². The maximum atomic E-state index is 6.46. The number of pyridine rings is 1. The van der Waals surface area contributed by atoms with Gasteiger partial charge in [-0.2, -0.15) is 0 Å². The van der Waals surface area contributed by atoms with Crippen LogP contribution in [-0.4, -0.2) is 40.0 Å². The first-order chi connectivity index (χ1) is 16.4. The molecule has 6 heteroatoms. The van der Waals surface area contributed by atoms with E-state index >= 15 is 0 Å². The summed E-state index contributed by atoms with van der Waals surface area (Å²) in [6.45, 7) is 8.62. The highest BCUT2D eigenvalue weighted by atomic mass is 31.2. The maximum absolute atomic E-state index is 6.46. The van der Waals surface area contributed by atoms with Crippen LogP contribution in [0, 0.1) is 0 Å². The zero-order chi connectivity index (χ0) is 24.1. The van der Waals surface area contributed by atoms with Crippen LogP contribution >= 0.6 is 7.41 Å². The van der Waals surface area contributed by atoms with E-state index < -0.39 is 7.41 Å². The van der Waals surface area contributed by atoms with Crippen LogP contribution in [0.2, 0.25) is 0 Å². The van der Waals surface area contributed by atoms with E-state index in [4.69, 9.17) is 5.50 Å². The zero-order valence-corrected chi connectivity index (χ0v) is 21.7. The molecule has 2 aromatic heterocycles. The molecule has 1 saturated heterocycles. The van der Waals surface area contributed by atoms with E-state index in [9.17, 15) is 0 Å². The standard InChI is InChI=1S/C28H37N5P/c1-5-7-8-9-20(3)27-28(32-19-31-27)21-10-11-26-24(18-21)23(12-15-30-26)25(6-2)33-22-13-16-34(4,29)17-14-22/h6-12,15,18-19,22,33H,5,13-14,16-17,29H2,1-4H3,(H,31,32)/q+1/b8-7-,20-9+,25-6-.